The van der Waals surface area contributed by atoms with Crippen LogP contribution in [0.25, 0.3) is 10.2 Å². The molecule has 0 unspecified atom stereocenters. The topological polar surface area (TPSA) is 84.3 Å². The largest absolute Gasteiger partial charge is 0.416 e. The molecule has 1 saturated heterocycles. The first-order chi connectivity index (χ1) is 15.6. The van der Waals surface area contributed by atoms with Gasteiger partial charge >= 0.3 is 6.18 Å². The fourth-order valence-corrected chi connectivity index (χ4v) is 4.95. The van der Waals surface area contributed by atoms with E-state index in [1.54, 1.807) is 11.8 Å². The number of aryl methyl sites for hydroxylation is 1. The smallest absolute Gasteiger partial charge is 0.338 e. The monoisotopic (exact) mass is 478 g/mol. The Bertz CT molecular complexity index is 1280. The number of nitrogens with zero attached hydrogens (tertiary/aromatic N) is 3. The minimum absolute atomic E-state index is 0.0296. The number of thiophene rings is 1. The van der Waals surface area contributed by atoms with Gasteiger partial charge in [-0.3, -0.25) is 19.0 Å². The molecule has 11 heteroatoms. The van der Waals surface area contributed by atoms with Crippen molar-refractivity contribution >= 4 is 39.1 Å². The van der Waals surface area contributed by atoms with E-state index < -0.39 is 29.8 Å². The maximum Gasteiger partial charge on any atom is 0.416 e. The van der Waals surface area contributed by atoms with Gasteiger partial charge < -0.3 is 10.2 Å². The van der Waals surface area contributed by atoms with Crippen molar-refractivity contribution in [2.24, 2.45) is 0 Å². The molecule has 0 atom stereocenters. The Hall–Kier alpha value is -3.21. The lowest BCUT2D eigenvalue weighted by atomic mass is 10.1. The van der Waals surface area contributed by atoms with Gasteiger partial charge in [-0.15, -0.1) is 11.3 Å². The van der Waals surface area contributed by atoms with Crippen LogP contribution in [0.4, 0.5) is 18.9 Å². The molecule has 4 rings (SSSR count). The molecule has 0 aliphatic carbocycles. The summed E-state index contributed by atoms with van der Waals surface area (Å²) in [4.78, 5) is 45.2. The molecule has 7 nitrogen and oxygen atoms in total. The quantitative estimate of drug-likeness (QED) is 0.613. The van der Waals surface area contributed by atoms with Crippen LogP contribution >= 0.6 is 11.3 Å². The molecule has 0 radical (unpaired) electrons. The molecule has 0 bridgehead atoms. The summed E-state index contributed by atoms with van der Waals surface area (Å²) in [6, 6.07) is 4.25. The number of amides is 2. The van der Waals surface area contributed by atoms with Crippen molar-refractivity contribution in [3.63, 3.8) is 0 Å². The minimum atomic E-state index is -4.54. The molecule has 3 heterocycles. The number of rotatable bonds is 4. The lowest BCUT2D eigenvalue weighted by molar-refractivity contribution is -0.137. The highest BCUT2D eigenvalue weighted by molar-refractivity contribution is 7.20. The first-order valence-electron chi connectivity index (χ1n) is 10.4. The van der Waals surface area contributed by atoms with E-state index in [1.807, 2.05) is 0 Å². The third-order valence-corrected chi connectivity index (χ3v) is 6.73. The number of aromatic nitrogens is 2. The molecule has 0 spiro atoms. The summed E-state index contributed by atoms with van der Waals surface area (Å²) >= 11 is 1.15. The van der Waals surface area contributed by atoms with Gasteiger partial charge in [-0.05, 0) is 49.9 Å². The molecule has 2 aromatic heterocycles. The molecule has 33 heavy (non-hydrogen) atoms. The number of fused-ring (bicyclic) bond motifs is 1. The Labute approximate surface area is 190 Å². The maximum absolute atomic E-state index is 13.0. The first kappa shape index (κ1) is 23.0. The molecule has 174 valence electrons. The molecule has 1 fully saturated rings. The first-order valence-corrected chi connectivity index (χ1v) is 11.2. The summed E-state index contributed by atoms with van der Waals surface area (Å²) in [6.07, 6.45) is -0.346. The average molecular weight is 478 g/mol. The number of benzene rings is 1. The average Bonchev–Trinajstić information content (AvgIpc) is 3.12. The van der Waals surface area contributed by atoms with E-state index >= 15 is 0 Å². The van der Waals surface area contributed by atoms with Gasteiger partial charge in [0, 0.05) is 18.8 Å². The lowest BCUT2D eigenvalue weighted by Gasteiger charge is -2.26. The van der Waals surface area contributed by atoms with Gasteiger partial charge in [-0.2, -0.15) is 13.2 Å². The van der Waals surface area contributed by atoms with Gasteiger partial charge in [-0.25, -0.2) is 4.98 Å². The van der Waals surface area contributed by atoms with Crippen LogP contribution in [0.1, 0.15) is 40.1 Å². The number of anilines is 1. The van der Waals surface area contributed by atoms with E-state index in [2.05, 4.69) is 10.3 Å². The second-order valence-corrected chi connectivity index (χ2v) is 8.89. The van der Waals surface area contributed by atoms with E-state index in [1.165, 1.54) is 18.5 Å². The summed E-state index contributed by atoms with van der Waals surface area (Å²) in [5.74, 6) is -0.793. The van der Waals surface area contributed by atoms with Crippen LogP contribution < -0.4 is 10.9 Å². The van der Waals surface area contributed by atoms with Crippen molar-refractivity contribution in [2.75, 3.05) is 18.4 Å². The summed E-state index contributed by atoms with van der Waals surface area (Å²) in [5.41, 5.74) is -0.875. The Morgan fingerprint density at radius 1 is 1.18 bits per heavy atom. The van der Waals surface area contributed by atoms with Crippen LogP contribution in [0.2, 0.25) is 0 Å². The summed E-state index contributed by atoms with van der Waals surface area (Å²) in [6.45, 7) is 2.62. The molecule has 3 aromatic rings. The van der Waals surface area contributed by atoms with Crippen molar-refractivity contribution in [2.45, 2.75) is 38.9 Å². The van der Waals surface area contributed by atoms with Crippen molar-refractivity contribution in [1.29, 1.82) is 0 Å². The highest BCUT2D eigenvalue weighted by Crippen LogP contribution is 2.31. The molecule has 1 aliphatic heterocycles. The van der Waals surface area contributed by atoms with Gasteiger partial charge in [-0.1, -0.05) is 6.07 Å². The number of nitrogens with one attached hydrogen (secondary N) is 1. The van der Waals surface area contributed by atoms with E-state index in [4.69, 9.17) is 0 Å². The molecule has 0 saturated carbocycles. The number of hydrogen-bond donors (Lipinski definition) is 1. The Morgan fingerprint density at radius 2 is 1.91 bits per heavy atom. The molecule has 1 N–H and O–H groups in total. The van der Waals surface area contributed by atoms with E-state index in [-0.39, 0.29) is 17.0 Å². The normalized spacial score (nSPS) is 14.5. The van der Waals surface area contributed by atoms with Crippen LogP contribution in [0.3, 0.4) is 0 Å². The fraction of sp³-hybridized carbons (Fsp3) is 0.364. The number of hydrogen-bond acceptors (Lipinski definition) is 5. The van der Waals surface area contributed by atoms with Gasteiger partial charge in [0.2, 0.25) is 5.91 Å². The van der Waals surface area contributed by atoms with Gasteiger partial charge in [0.25, 0.3) is 11.5 Å². The van der Waals surface area contributed by atoms with Crippen molar-refractivity contribution < 1.29 is 22.8 Å². The number of carbonyl (C=O) groups excluding carboxylic acids is 2. The van der Waals surface area contributed by atoms with Crippen molar-refractivity contribution in [1.82, 2.24) is 14.5 Å². The molecular formula is C22H21F3N4O3S. The summed E-state index contributed by atoms with van der Waals surface area (Å²) in [7, 11) is 0. The van der Waals surface area contributed by atoms with Crippen molar-refractivity contribution in [3.8, 4) is 0 Å². The SMILES string of the molecule is Cc1c(C(=O)N2CCCCC2)sc2ncn(CC(=O)Nc3cccc(C(F)(F)F)c3)c(=O)c12. The zero-order valence-electron chi connectivity index (χ0n) is 17.7. The van der Waals surface area contributed by atoms with Crippen molar-refractivity contribution in [3.05, 3.63) is 57.0 Å². The van der Waals surface area contributed by atoms with Crippen LogP contribution in [0.5, 0.6) is 0 Å². The van der Waals surface area contributed by atoms with Gasteiger partial charge in [0.1, 0.15) is 11.4 Å². The van der Waals surface area contributed by atoms with E-state index in [0.717, 1.165) is 47.3 Å². The predicted molar refractivity (Wildman–Crippen MR) is 118 cm³/mol. The number of carbonyl (C=O) groups is 2. The third kappa shape index (κ3) is 4.77. The molecule has 1 aromatic carbocycles. The zero-order valence-corrected chi connectivity index (χ0v) is 18.6. The lowest BCUT2D eigenvalue weighted by Crippen LogP contribution is -2.35. The Morgan fingerprint density at radius 3 is 2.61 bits per heavy atom. The summed E-state index contributed by atoms with van der Waals surface area (Å²) in [5, 5.41) is 2.65. The van der Waals surface area contributed by atoms with E-state index in [0.29, 0.717) is 28.4 Å². The number of alkyl halides is 3. The van der Waals surface area contributed by atoms with Crippen LogP contribution in [-0.2, 0) is 17.5 Å². The minimum Gasteiger partial charge on any atom is -0.338 e. The molecule has 1 aliphatic rings. The number of halogens is 3. The highest BCUT2D eigenvalue weighted by Gasteiger charge is 2.30. The number of piperidine rings is 1. The molecular weight excluding hydrogens is 457 g/mol. The van der Waals surface area contributed by atoms with E-state index in [9.17, 15) is 27.6 Å². The van der Waals surface area contributed by atoms with Gasteiger partial charge in [0.05, 0.1) is 22.2 Å². The standard InChI is InChI=1S/C22H21F3N4O3S/c1-13-17-19(33-18(13)21(32)28-8-3-2-4-9-28)26-12-29(20(17)31)11-16(30)27-15-7-5-6-14(10-15)22(23,24)25/h5-7,10,12H,2-4,8-9,11H2,1H3,(H,27,30). The van der Waals surface area contributed by atoms with Crippen LogP contribution in [-0.4, -0.2) is 39.4 Å². The number of likely N-dealkylation sites (tertiary alicyclic amines) is 1. The van der Waals surface area contributed by atoms with Crippen LogP contribution in [0.15, 0.2) is 35.4 Å². The van der Waals surface area contributed by atoms with Crippen LogP contribution in [0, 0.1) is 6.92 Å². The highest BCUT2D eigenvalue weighted by atomic mass is 32.1. The summed E-state index contributed by atoms with van der Waals surface area (Å²) < 4.78 is 39.7. The third-order valence-electron chi connectivity index (χ3n) is 5.54. The second-order valence-electron chi connectivity index (χ2n) is 7.89. The Kier molecular flexibility index (Phi) is 6.24. The second kappa shape index (κ2) is 8.97. The fourth-order valence-electron chi connectivity index (χ4n) is 3.84. The van der Waals surface area contributed by atoms with Gasteiger partial charge in [0.15, 0.2) is 0 Å². The Balaban J connectivity index is 1.56. The predicted octanol–water partition coefficient (Wildman–Crippen LogP) is 4.05. The maximum atomic E-state index is 13.0. The zero-order chi connectivity index (χ0) is 23.8. The molecule has 2 amide bonds.